The highest BCUT2D eigenvalue weighted by molar-refractivity contribution is 5.86. The Hall–Kier alpha value is -2.83. The number of methoxy groups -OCH3 is 1. The lowest BCUT2D eigenvalue weighted by Gasteiger charge is -2.13. The van der Waals surface area contributed by atoms with Crippen LogP contribution in [0.3, 0.4) is 0 Å². The van der Waals surface area contributed by atoms with Crippen LogP contribution in [0, 0.1) is 10.1 Å². The van der Waals surface area contributed by atoms with Crippen molar-refractivity contribution in [2.24, 2.45) is 0 Å². The lowest BCUT2D eigenvalue weighted by atomic mass is 9.98. The largest absolute Gasteiger partial charge is 0.497 e. The highest BCUT2D eigenvalue weighted by atomic mass is 16.9. The summed E-state index contributed by atoms with van der Waals surface area (Å²) in [5, 5.41) is 11.2. The Morgan fingerprint density at radius 3 is 2.52 bits per heavy atom. The number of carbonyl (C=O) groups excluding carboxylic acids is 1. The zero-order valence-corrected chi connectivity index (χ0v) is 14.3. The van der Waals surface area contributed by atoms with Gasteiger partial charge in [-0.3, -0.25) is 4.79 Å². The van der Waals surface area contributed by atoms with Gasteiger partial charge in [0.2, 0.25) is 0 Å². The van der Waals surface area contributed by atoms with E-state index in [0.29, 0.717) is 12.8 Å². The van der Waals surface area contributed by atoms with Crippen molar-refractivity contribution in [2.75, 3.05) is 20.3 Å². The van der Waals surface area contributed by atoms with Gasteiger partial charge in [0.15, 0.2) is 0 Å². The molecule has 1 atom stereocenters. The van der Waals surface area contributed by atoms with Crippen molar-refractivity contribution in [3.05, 3.63) is 52.1 Å². The number of rotatable bonds is 9. The van der Waals surface area contributed by atoms with E-state index in [9.17, 15) is 14.9 Å². The lowest BCUT2D eigenvalue weighted by Crippen LogP contribution is -2.14. The summed E-state index contributed by atoms with van der Waals surface area (Å²) in [6, 6.07) is 11.6. The molecule has 1 unspecified atom stereocenters. The number of carbonyl (C=O) groups is 1. The summed E-state index contributed by atoms with van der Waals surface area (Å²) in [6.07, 6.45) is 0.976. The first-order valence-corrected chi connectivity index (χ1v) is 8.03. The highest BCUT2D eigenvalue weighted by Gasteiger charge is 2.17. The number of ether oxygens (including phenoxy) is 2. The molecule has 0 aliphatic heterocycles. The standard InChI is InChI=1S/C18H21NO6/c1-13(18(20)24-9-3-4-10-25-19(21)22)14-5-6-16-12-17(23-2)8-7-15(16)11-14/h5-8,11-13H,3-4,9-10H2,1-2H3. The predicted octanol–water partition coefficient (Wildman–Crippen LogP) is 3.48. The van der Waals surface area contributed by atoms with Gasteiger partial charge in [-0.2, -0.15) is 0 Å². The molecule has 0 amide bonds. The normalized spacial score (nSPS) is 11.8. The number of hydrogen-bond donors (Lipinski definition) is 0. The quantitative estimate of drug-likeness (QED) is 0.299. The summed E-state index contributed by atoms with van der Waals surface area (Å²) in [6.45, 7) is 2.02. The van der Waals surface area contributed by atoms with Gasteiger partial charge in [-0.15, -0.1) is 10.1 Å². The van der Waals surface area contributed by atoms with Gasteiger partial charge in [0.1, 0.15) is 5.75 Å². The van der Waals surface area contributed by atoms with Crippen molar-refractivity contribution in [3.63, 3.8) is 0 Å². The summed E-state index contributed by atoms with van der Waals surface area (Å²) in [5.74, 6) is 0.0818. The molecule has 0 N–H and O–H groups in total. The third kappa shape index (κ3) is 5.34. The van der Waals surface area contributed by atoms with E-state index >= 15 is 0 Å². The number of esters is 1. The first kappa shape index (κ1) is 18.5. The van der Waals surface area contributed by atoms with Crippen LogP contribution in [-0.4, -0.2) is 31.4 Å². The minimum atomic E-state index is -0.830. The number of nitrogens with zero attached hydrogens (tertiary/aromatic N) is 1. The Balaban J connectivity index is 1.88. The maximum absolute atomic E-state index is 12.1. The Bertz CT molecular complexity index is 745. The molecule has 0 bridgehead atoms. The SMILES string of the molecule is COc1ccc2cc(C(C)C(=O)OCCCCO[N+](=O)[O-])ccc2c1. The van der Waals surface area contributed by atoms with Gasteiger partial charge in [0.25, 0.3) is 5.09 Å². The van der Waals surface area contributed by atoms with Gasteiger partial charge in [-0.1, -0.05) is 24.3 Å². The lowest BCUT2D eigenvalue weighted by molar-refractivity contribution is -0.757. The van der Waals surface area contributed by atoms with Gasteiger partial charge in [0.05, 0.1) is 26.2 Å². The minimum absolute atomic E-state index is 0.00818. The van der Waals surface area contributed by atoms with Crippen molar-refractivity contribution < 1.29 is 24.2 Å². The third-order valence-corrected chi connectivity index (χ3v) is 3.90. The Labute approximate surface area is 145 Å². The highest BCUT2D eigenvalue weighted by Crippen LogP contribution is 2.25. The summed E-state index contributed by atoms with van der Waals surface area (Å²) < 4.78 is 10.4. The van der Waals surface area contributed by atoms with E-state index in [1.165, 1.54) is 0 Å². The van der Waals surface area contributed by atoms with E-state index < -0.39 is 5.09 Å². The summed E-state index contributed by atoms with van der Waals surface area (Å²) >= 11 is 0. The fraction of sp³-hybridized carbons (Fsp3) is 0.389. The molecular weight excluding hydrogens is 326 g/mol. The van der Waals surface area contributed by atoms with Crippen LogP contribution in [0.2, 0.25) is 0 Å². The van der Waals surface area contributed by atoms with Crippen LogP contribution >= 0.6 is 0 Å². The van der Waals surface area contributed by atoms with E-state index in [1.807, 2.05) is 36.4 Å². The number of hydrogen-bond acceptors (Lipinski definition) is 6. The van der Waals surface area contributed by atoms with Crippen LogP contribution in [0.25, 0.3) is 10.8 Å². The van der Waals surface area contributed by atoms with Gasteiger partial charge in [-0.05, 0) is 48.2 Å². The fourth-order valence-corrected chi connectivity index (χ4v) is 2.42. The first-order valence-electron chi connectivity index (χ1n) is 8.03. The molecule has 7 heteroatoms. The average Bonchev–Trinajstić information content (AvgIpc) is 2.62. The van der Waals surface area contributed by atoms with Crippen LogP contribution < -0.4 is 4.74 Å². The molecule has 0 heterocycles. The van der Waals surface area contributed by atoms with Crippen molar-refractivity contribution in [3.8, 4) is 5.75 Å². The average molecular weight is 347 g/mol. The zero-order chi connectivity index (χ0) is 18.2. The van der Waals surface area contributed by atoms with Gasteiger partial charge in [0, 0.05) is 0 Å². The second kappa shape index (κ2) is 8.86. The van der Waals surface area contributed by atoms with Crippen LogP contribution in [0.1, 0.15) is 31.2 Å². The Kier molecular flexibility index (Phi) is 6.56. The molecule has 0 aliphatic carbocycles. The molecule has 0 aliphatic rings. The number of unbranched alkanes of at least 4 members (excludes halogenated alkanes) is 1. The van der Waals surface area contributed by atoms with Gasteiger partial charge in [-0.25, -0.2) is 0 Å². The monoisotopic (exact) mass is 347 g/mol. The van der Waals surface area contributed by atoms with Gasteiger partial charge < -0.3 is 14.3 Å². The van der Waals surface area contributed by atoms with E-state index in [0.717, 1.165) is 22.1 Å². The van der Waals surface area contributed by atoms with Crippen LogP contribution in [0.15, 0.2) is 36.4 Å². The second-order valence-corrected chi connectivity index (χ2v) is 5.63. The molecule has 25 heavy (non-hydrogen) atoms. The Morgan fingerprint density at radius 2 is 1.80 bits per heavy atom. The number of benzene rings is 2. The third-order valence-electron chi connectivity index (χ3n) is 3.90. The first-order chi connectivity index (χ1) is 12.0. The van der Waals surface area contributed by atoms with Crippen molar-refractivity contribution in [2.45, 2.75) is 25.7 Å². The van der Waals surface area contributed by atoms with Crippen LogP contribution in [0.4, 0.5) is 0 Å². The van der Waals surface area contributed by atoms with Crippen LogP contribution in [0.5, 0.6) is 5.75 Å². The van der Waals surface area contributed by atoms with Crippen molar-refractivity contribution >= 4 is 16.7 Å². The van der Waals surface area contributed by atoms with Gasteiger partial charge >= 0.3 is 5.97 Å². The van der Waals surface area contributed by atoms with E-state index in [4.69, 9.17) is 9.47 Å². The summed E-state index contributed by atoms with van der Waals surface area (Å²) in [5.41, 5.74) is 0.874. The van der Waals surface area contributed by atoms with E-state index in [1.54, 1.807) is 14.0 Å². The molecule has 2 aromatic rings. The zero-order valence-electron chi connectivity index (χ0n) is 14.3. The maximum atomic E-state index is 12.1. The van der Waals surface area contributed by atoms with Crippen LogP contribution in [-0.2, 0) is 14.4 Å². The molecule has 0 fully saturated rings. The molecule has 0 saturated heterocycles. The summed E-state index contributed by atoms with van der Waals surface area (Å²) in [7, 11) is 1.62. The number of fused-ring (bicyclic) bond motifs is 1. The van der Waals surface area contributed by atoms with E-state index in [2.05, 4.69) is 4.84 Å². The van der Waals surface area contributed by atoms with Crippen molar-refractivity contribution in [1.29, 1.82) is 0 Å². The molecule has 7 nitrogen and oxygen atoms in total. The second-order valence-electron chi connectivity index (χ2n) is 5.63. The molecule has 2 rings (SSSR count). The minimum Gasteiger partial charge on any atom is -0.497 e. The smallest absolute Gasteiger partial charge is 0.313 e. The molecule has 0 saturated carbocycles. The summed E-state index contributed by atoms with van der Waals surface area (Å²) in [4.78, 5) is 26.3. The maximum Gasteiger partial charge on any atom is 0.313 e. The predicted molar refractivity (Wildman–Crippen MR) is 92.1 cm³/mol. The molecule has 0 spiro atoms. The van der Waals surface area contributed by atoms with E-state index in [-0.39, 0.29) is 25.1 Å². The fourth-order valence-electron chi connectivity index (χ4n) is 2.42. The molecular formula is C18H21NO6. The Morgan fingerprint density at radius 1 is 1.12 bits per heavy atom. The molecule has 0 radical (unpaired) electrons. The molecule has 0 aromatic heterocycles. The van der Waals surface area contributed by atoms with Crippen molar-refractivity contribution in [1.82, 2.24) is 0 Å². The molecule has 134 valence electrons. The topological polar surface area (TPSA) is 87.9 Å². The molecule has 2 aromatic carbocycles.